The number of carbonyl (C=O) groups is 2. The second-order valence-electron chi connectivity index (χ2n) is 4.29. The normalized spacial score (nSPS) is 11.6. The number of aromatic amines is 1. The molecule has 106 valence electrons. The van der Waals surface area contributed by atoms with Gasteiger partial charge in [-0.15, -0.1) is 0 Å². The van der Waals surface area contributed by atoms with Gasteiger partial charge in [-0.25, -0.2) is 4.79 Å². The van der Waals surface area contributed by atoms with Gasteiger partial charge in [-0.2, -0.15) is 10.4 Å². The molecule has 1 heterocycles. The Morgan fingerprint density at radius 1 is 1.43 bits per heavy atom. The zero-order valence-corrected chi connectivity index (χ0v) is 11.2. The minimum Gasteiger partial charge on any atom is -0.452 e. The summed E-state index contributed by atoms with van der Waals surface area (Å²) < 4.78 is 4.88. The van der Waals surface area contributed by atoms with E-state index in [0.29, 0.717) is 10.9 Å². The number of nitrogens with zero attached hydrogens (tertiary/aromatic N) is 2. The predicted molar refractivity (Wildman–Crippen MR) is 73.9 cm³/mol. The number of benzene rings is 1. The summed E-state index contributed by atoms with van der Waals surface area (Å²) >= 11 is 0. The van der Waals surface area contributed by atoms with Crippen LogP contribution < -0.4 is 5.73 Å². The number of aromatic nitrogens is 2. The minimum absolute atomic E-state index is 0.0868. The number of hydrogen-bond donors (Lipinski definition) is 2. The molecule has 1 aromatic heterocycles. The van der Waals surface area contributed by atoms with Crippen molar-refractivity contribution in [3.8, 4) is 6.07 Å². The molecule has 0 bridgehead atoms. The van der Waals surface area contributed by atoms with Crippen LogP contribution >= 0.6 is 0 Å². The molecule has 7 nitrogen and oxygen atoms in total. The van der Waals surface area contributed by atoms with E-state index in [1.807, 2.05) is 0 Å². The highest BCUT2D eigenvalue weighted by Crippen LogP contribution is 2.15. The highest BCUT2D eigenvalue weighted by molar-refractivity contribution is 6.04. The summed E-state index contributed by atoms with van der Waals surface area (Å²) in [5, 5.41) is 15.9. The van der Waals surface area contributed by atoms with Gasteiger partial charge in [0.05, 0.1) is 5.52 Å². The molecule has 21 heavy (non-hydrogen) atoms. The number of Topliss-reactive ketones (excluding diaryl/α,β-unsaturated/α-hetero) is 1. The number of rotatable bonds is 4. The van der Waals surface area contributed by atoms with Crippen molar-refractivity contribution in [3.63, 3.8) is 0 Å². The van der Waals surface area contributed by atoms with Gasteiger partial charge in [0.25, 0.3) is 0 Å². The maximum absolute atomic E-state index is 11.9. The fourth-order valence-electron chi connectivity index (χ4n) is 1.76. The molecule has 0 saturated heterocycles. The quantitative estimate of drug-likeness (QED) is 0.491. The van der Waals surface area contributed by atoms with Crippen molar-refractivity contribution in [2.24, 2.45) is 5.73 Å². The summed E-state index contributed by atoms with van der Waals surface area (Å²) in [6, 6.07) is 8.71. The molecule has 2 aromatic rings. The van der Waals surface area contributed by atoms with Crippen LogP contribution in [0.1, 0.15) is 17.4 Å². The van der Waals surface area contributed by atoms with Gasteiger partial charge in [0.1, 0.15) is 11.6 Å². The maximum Gasteiger partial charge on any atom is 0.359 e. The standard InChI is InChI=1S/C14H12N4O3/c1-8(16)10(6-15)12(19)7-21-14(20)13-9-4-2-3-5-11(9)17-18-13/h2-5H,7,16H2,1H3,(H,17,18)/b10-8+. The van der Waals surface area contributed by atoms with Crippen LogP contribution in [0.3, 0.4) is 0 Å². The zero-order valence-electron chi connectivity index (χ0n) is 11.2. The number of para-hydroxylation sites is 1. The third-order valence-corrected chi connectivity index (χ3v) is 2.78. The Kier molecular flexibility index (Phi) is 4.00. The Labute approximate surface area is 120 Å². The average molecular weight is 284 g/mol. The second-order valence-corrected chi connectivity index (χ2v) is 4.29. The molecule has 0 atom stereocenters. The van der Waals surface area contributed by atoms with Crippen molar-refractivity contribution in [2.75, 3.05) is 6.61 Å². The Balaban J connectivity index is 2.11. The molecule has 0 aliphatic heterocycles. The molecule has 0 fully saturated rings. The number of hydrogen-bond acceptors (Lipinski definition) is 6. The second kappa shape index (κ2) is 5.88. The SMILES string of the molecule is C/C(N)=C(/C#N)C(=O)COC(=O)c1n[nH]c2ccccc12. The van der Waals surface area contributed by atoms with Crippen molar-refractivity contribution in [2.45, 2.75) is 6.92 Å². The molecule has 0 radical (unpaired) electrons. The van der Waals surface area contributed by atoms with Crippen LogP contribution in [0, 0.1) is 11.3 Å². The van der Waals surface area contributed by atoms with E-state index in [1.54, 1.807) is 30.3 Å². The van der Waals surface area contributed by atoms with Crippen LogP contribution in [0.5, 0.6) is 0 Å². The van der Waals surface area contributed by atoms with E-state index in [2.05, 4.69) is 10.2 Å². The molecule has 0 unspecified atom stereocenters. The van der Waals surface area contributed by atoms with E-state index in [0.717, 1.165) is 0 Å². The number of ketones is 1. The summed E-state index contributed by atoms with van der Waals surface area (Å²) in [5.74, 6) is -1.39. The lowest BCUT2D eigenvalue weighted by Gasteiger charge is -2.03. The average Bonchev–Trinajstić information content (AvgIpc) is 2.89. The van der Waals surface area contributed by atoms with Crippen LogP contribution in [-0.2, 0) is 9.53 Å². The molecular weight excluding hydrogens is 272 g/mol. The molecular formula is C14H12N4O3. The van der Waals surface area contributed by atoms with E-state index < -0.39 is 18.4 Å². The lowest BCUT2D eigenvalue weighted by atomic mass is 10.1. The third kappa shape index (κ3) is 2.90. The molecule has 0 amide bonds. The van der Waals surface area contributed by atoms with Gasteiger partial charge in [0.15, 0.2) is 12.3 Å². The smallest absolute Gasteiger partial charge is 0.359 e. The highest BCUT2D eigenvalue weighted by Gasteiger charge is 2.18. The first-order valence-corrected chi connectivity index (χ1v) is 6.04. The first kappa shape index (κ1) is 14.3. The molecule has 0 aliphatic rings. The number of nitrogens with two attached hydrogens (primary N) is 1. The molecule has 0 saturated carbocycles. The number of allylic oxidation sites excluding steroid dienone is 1. The number of H-pyrrole nitrogens is 1. The van der Waals surface area contributed by atoms with Crippen molar-refractivity contribution in [3.05, 3.63) is 41.2 Å². The summed E-state index contributed by atoms with van der Waals surface area (Å²) in [6.45, 7) is 0.872. The Morgan fingerprint density at radius 2 is 2.14 bits per heavy atom. The molecule has 0 spiro atoms. The summed E-state index contributed by atoms with van der Waals surface area (Å²) in [4.78, 5) is 23.6. The minimum atomic E-state index is -0.743. The van der Waals surface area contributed by atoms with Gasteiger partial charge in [0, 0.05) is 11.1 Å². The van der Waals surface area contributed by atoms with Gasteiger partial charge in [-0.3, -0.25) is 9.89 Å². The summed E-state index contributed by atoms with van der Waals surface area (Å²) in [6.07, 6.45) is 0. The highest BCUT2D eigenvalue weighted by atomic mass is 16.5. The Morgan fingerprint density at radius 3 is 2.81 bits per heavy atom. The van der Waals surface area contributed by atoms with Gasteiger partial charge in [-0.05, 0) is 13.0 Å². The maximum atomic E-state index is 11.9. The number of nitrogens with one attached hydrogen (secondary N) is 1. The van der Waals surface area contributed by atoms with Crippen LogP contribution in [0.4, 0.5) is 0 Å². The number of fused-ring (bicyclic) bond motifs is 1. The van der Waals surface area contributed by atoms with Crippen LogP contribution in [0.15, 0.2) is 35.5 Å². The van der Waals surface area contributed by atoms with Crippen molar-refractivity contribution in [1.82, 2.24) is 10.2 Å². The van der Waals surface area contributed by atoms with Crippen LogP contribution in [0.2, 0.25) is 0 Å². The number of nitriles is 1. The zero-order chi connectivity index (χ0) is 15.4. The van der Waals surface area contributed by atoms with E-state index in [4.69, 9.17) is 15.7 Å². The van der Waals surface area contributed by atoms with Crippen LogP contribution in [-0.4, -0.2) is 28.6 Å². The number of esters is 1. The first-order chi connectivity index (χ1) is 10.0. The fraction of sp³-hybridized carbons (Fsp3) is 0.143. The number of carbonyl (C=O) groups excluding carboxylic acids is 2. The van der Waals surface area contributed by atoms with Gasteiger partial charge in [-0.1, -0.05) is 18.2 Å². The molecule has 3 N–H and O–H groups in total. The van der Waals surface area contributed by atoms with Gasteiger partial charge < -0.3 is 10.5 Å². The first-order valence-electron chi connectivity index (χ1n) is 6.04. The van der Waals surface area contributed by atoms with E-state index in [9.17, 15) is 9.59 Å². The third-order valence-electron chi connectivity index (χ3n) is 2.78. The lowest BCUT2D eigenvalue weighted by molar-refractivity contribution is -0.118. The Bertz CT molecular complexity index is 779. The summed E-state index contributed by atoms with van der Waals surface area (Å²) in [7, 11) is 0. The molecule has 0 aliphatic carbocycles. The van der Waals surface area contributed by atoms with Crippen molar-refractivity contribution < 1.29 is 14.3 Å². The fourth-order valence-corrected chi connectivity index (χ4v) is 1.76. The molecule has 7 heteroatoms. The topological polar surface area (TPSA) is 122 Å². The van der Waals surface area contributed by atoms with E-state index in [-0.39, 0.29) is 17.0 Å². The summed E-state index contributed by atoms with van der Waals surface area (Å²) in [5.41, 5.74) is 6.05. The van der Waals surface area contributed by atoms with E-state index >= 15 is 0 Å². The Hall–Kier alpha value is -3.14. The lowest BCUT2D eigenvalue weighted by Crippen LogP contribution is -2.18. The van der Waals surface area contributed by atoms with Gasteiger partial charge >= 0.3 is 5.97 Å². The largest absolute Gasteiger partial charge is 0.452 e. The number of ether oxygens (including phenoxy) is 1. The van der Waals surface area contributed by atoms with Crippen molar-refractivity contribution in [1.29, 1.82) is 5.26 Å². The molecule has 1 aromatic carbocycles. The monoisotopic (exact) mass is 284 g/mol. The van der Waals surface area contributed by atoms with Crippen LogP contribution in [0.25, 0.3) is 10.9 Å². The molecule has 2 rings (SSSR count). The van der Waals surface area contributed by atoms with Crippen molar-refractivity contribution >= 4 is 22.7 Å². The predicted octanol–water partition coefficient (Wildman–Crippen LogP) is 1.05. The van der Waals surface area contributed by atoms with E-state index in [1.165, 1.54) is 6.92 Å². The van der Waals surface area contributed by atoms with Gasteiger partial charge in [0.2, 0.25) is 5.78 Å².